The number of amides is 1. The van der Waals surface area contributed by atoms with E-state index in [4.69, 9.17) is 0 Å². The fraction of sp³-hybridized carbons (Fsp3) is 0.308. The fourth-order valence-corrected chi connectivity index (χ4v) is 2.02. The van der Waals surface area contributed by atoms with E-state index >= 15 is 0 Å². The molecule has 0 atom stereocenters. The molecule has 1 amide bonds. The van der Waals surface area contributed by atoms with Crippen molar-refractivity contribution in [1.82, 2.24) is 9.72 Å². The third-order valence-corrected chi connectivity index (χ3v) is 2.96. The molecule has 0 spiro atoms. The Morgan fingerprint density at radius 3 is 2.75 bits per heavy atom. The summed E-state index contributed by atoms with van der Waals surface area (Å²) < 4.78 is 2.12. The third kappa shape index (κ3) is 1.58. The highest BCUT2D eigenvalue weighted by Crippen LogP contribution is 2.23. The zero-order chi connectivity index (χ0) is 11.8. The van der Waals surface area contributed by atoms with Crippen molar-refractivity contribution >= 4 is 11.9 Å². The Balaban J connectivity index is 2.62. The number of aromatic nitrogens is 1. The van der Waals surface area contributed by atoms with E-state index in [9.17, 15) is 4.79 Å². The molecule has 3 nitrogen and oxygen atoms in total. The molecule has 16 heavy (non-hydrogen) atoms. The van der Waals surface area contributed by atoms with Crippen molar-refractivity contribution in [3.8, 4) is 0 Å². The number of nitrogens with zero attached hydrogens (tertiary/aromatic N) is 1. The molecule has 0 aromatic carbocycles. The predicted octanol–water partition coefficient (Wildman–Crippen LogP) is 2.23. The van der Waals surface area contributed by atoms with Crippen LogP contribution in [0.4, 0.5) is 0 Å². The summed E-state index contributed by atoms with van der Waals surface area (Å²) in [6, 6.07) is 8.24. The predicted molar refractivity (Wildman–Crippen MR) is 64.4 cm³/mol. The summed E-state index contributed by atoms with van der Waals surface area (Å²) in [5, 5.41) is 2.83. The topological polar surface area (TPSA) is 33.5 Å². The Morgan fingerprint density at radius 1 is 1.31 bits per heavy atom. The third-order valence-electron chi connectivity index (χ3n) is 2.96. The van der Waals surface area contributed by atoms with Crippen LogP contribution in [0.5, 0.6) is 0 Å². The Morgan fingerprint density at radius 2 is 2.06 bits per heavy atom. The number of pyridine rings is 1. The Kier molecular flexibility index (Phi) is 2.46. The van der Waals surface area contributed by atoms with Gasteiger partial charge in [-0.2, -0.15) is 0 Å². The van der Waals surface area contributed by atoms with Crippen LogP contribution in [0.25, 0.3) is 5.52 Å². The first-order valence-electron chi connectivity index (χ1n) is 5.35. The number of rotatable bonds is 3. The summed E-state index contributed by atoms with van der Waals surface area (Å²) in [6.07, 6.45) is 2.76. The molecule has 0 aliphatic heterocycles. The molecular weight excluding hydrogens is 200 g/mol. The van der Waals surface area contributed by atoms with Crippen LogP contribution >= 0.6 is 0 Å². The second kappa shape index (κ2) is 3.67. The van der Waals surface area contributed by atoms with Crippen LogP contribution in [0, 0.1) is 6.92 Å². The molecule has 0 fully saturated rings. The summed E-state index contributed by atoms with van der Waals surface area (Å²) in [6.45, 7) is 6.07. The maximum atomic E-state index is 10.6. The van der Waals surface area contributed by atoms with Crippen LogP contribution < -0.4 is 5.32 Å². The van der Waals surface area contributed by atoms with Crippen molar-refractivity contribution < 1.29 is 4.79 Å². The minimum absolute atomic E-state index is 0.359. The molecule has 2 aromatic rings. The number of hydrogen-bond donors (Lipinski definition) is 1. The van der Waals surface area contributed by atoms with Crippen molar-refractivity contribution in [2.45, 2.75) is 26.3 Å². The molecule has 2 aromatic heterocycles. The van der Waals surface area contributed by atoms with Crippen LogP contribution in [0.3, 0.4) is 0 Å². The van der Waals surface area contributed by atoms with Crippen molar-refractivity contribution in [3.05, 3.63) is 41.7 Å². The first-order chi connectivity index (χ1) is 7.56. The molecule has 2 rings (SSSR count). The van der Waals surface area contributed by atoms with E-state index in [1.807, 2.05) is 26.1 Å². The van der Waals surface area contributed by atoms with Gasteiger partial charge >= 0.3 is 0 Å². The second-order valence-corrected chi connectivity index (χ2v) is 4.55. The first kappa shape index (κ1) is 10.7. The number of fused-ring (bicyclic) bond motifs is 1. The molecule has 0 saturated carbocycles. The largest absolute Gasteiger partial charge is 0.348 e. The van der Waals surface area contributed by atoms with Crippen molar-refractivity contribution in [1.29, 1.82) is 0 Å². The Hall–Kier alpha value is -1.77. The molecule has 0 aliphatic rings. The highest BCUT2D eigenvalue weighted by atomic mass is 16.1. The molecule has 0 bridgehead atoms. The van der Waals surface area contributed by atoms with Gasteiger partial charge in [0.1, 0.15) is 0 Å². The normalized spacial score (nSPS) is 11.7. The lowest BCUT2D eigenvalue weighted by atomic mass is 10.0. The summed E-state index contributed by atoms with van der Waals surface area (Å²) >= 11 is 0. The highest BCUT2D eigenvalue weighted by molar-refractivity contribution is 5.58. The van der Waals surface area contributed by atoms with Gasteiger partial charge in [-0.15, -0.1) is 0 Å². The van der Waals surface area contributed by atoms with Gasteiger partial charge in [0.2, 0.25) is 6.41 Å². The van der Waals surface area contributed by atoms with Gasteiger partial charge in [0, 0.05) is 17.4 Å². The molecule has 1 N–H and O–H groups in total. The molecule has 0 saturated heterocycles. The van der Waals surface area contributed by atoms with Crippen LogP contribution in [0.1, 0.15) is 25.1 Å². The molecule has 3 heteroatoms. The van der Waals surface area contributed by atoms with Gasteiger partial charge in [-0.1, -0.05) is 6.07 Å². The van der Waals surface area contributed by atoms with E-state index in [0.29, 0.717) is 0 Å². The fourth-order valence-electron chi connectivity index (χ4n) is 2.02. The van der Waals surface area contributed by atoms with E-state index < -0.39 is 0 Å². The number of carbonyl (C=O) groups is 1. The van der Waals surface area contributed by atoms with Gasteiger partial charge < -0.3 is 9.72 Å². The van der Waals surface area contributed by atoms with Gasteiger partial charge in [-0.3, -0.25) is 4.79 Å². The highest BCUT2D eigenvalue weighted by Gasteiger charge is 2.22. The molecule has 84 valence electrons. The number of carbonyl (C=O) groups excluding carboxylic acids is 1. The van der Waals surface area contributed by atoms with E-state index in [0.717, 1.165) is 12.1 Å². The van der Waals surface area contributed by atoms with Crippen LogP contribution in [0.2, 0.25) is 0 Å². The number of hydrogen-bond acceptors (Lipinski definition) is 1. The Bertz CT molecular complexity index is 526. The minimum atomic E-state index is -0.359. The molecular formula is C13H16N2O. The smallest absolute Gasteiger partial charge is 0.207 e. The number of aryl methyl sites for hydroxylation is 1. The zero-order valence-corrected chi connectivity index (χ0v) is 9.82. The lowest BCUT2D eigenvalue weighted by Crippen LogP contribution is -2.36. The van der Waals surface area contributed by atoms with Crippen molar-refractivity contribution in [3.63, 3.8) is 0 Å². The Labute approximate surface area is 95.1 Å². The minimum Gasteiger partial charge on any atom is -0.348 e. The van der Waals surface area contributed by atoms with Gasteiger partial charge in [-0.05, 0) is 44.5 Å². The van der Waals surface area contributed by atoms with E-state index in [2.05, 4.69) is 34.8 Å². The average molecular weight is 216 g/mol. The quantitative estimate of drug-likeness (QED) is 0.784. The zero-order valence-electron chi connectivity index (χ0n) is 9.82. The van der Waals surface area contributed by atoms with Crippen LogP contribution in [0.15, 0.2) is 30.5 Å². The van der Waals surface area contributed by atoms with Gasteiger partial charge in [0.15, 0.2) is 0 Å². The average Bonchev–Trinajstić information content (AvgIpc) is 2.63. The van der Waals surface area contributed by atoms with Gasteiger partial charge in [0.05, 0.1) is 5.54 Å². The molecule has 2 heterocycles. The summed E-state index contributed by atoms with van der Waals surface area (Å²) in [4.78, 5) is 10.6. The van der Waals surface area contributed by atoms with Crippen molar-refractivity contribution in [2.24, 2.45) is 0 Å². The van der Waals surface area contributed by atoms with Gasteiger partial charge in [-0.25, -0.2) is 0 Å². The van der Waals surface area contributed by atoms with Crippen molar-refractivity contribution in [2.75, 3.05) is 0 Å². The monoisotopic (exact) mass is 216 g/mol. The number of nitrogens with one attached hydrogen (secondary N) is 1. The van der Waals surface area contributed by atoms with Crippen LogP contribution in [-0.2, 0) is 10.3 Å². The van der Waals surface area contributed by atoms with Gasteiger partial charge in [0.25, 0.3) is 0 Å². The van der Waals surface area contributed by atoms with E-state index in [1.54, 1.807) is 0 Å². The summed E-state index contributed by atoms with van der Waals surface area (Å²) in [7, 11) is 0. The summed E-state index contributed by atoms with van der Waals surface area (Å²) in [5.41, 5.74) is 3.13. The molecule has 0 unspecified atom stereocenters. The van der Waals surface area contributed by atoms with Crippen LogP contribution in [-0.4, -0.2) is 10.8 Å². The SMILES string of the molecule is Cc1cccn2c(C(C)(C)NC=O)ccc12. The molecule has 0 aliphatic carbocycles. The maximum absolute atomic E-state index is 10.6. The maximum Gasteiger partial charge on any atom is 0.207 e. The standard InChI is InChI=1S/C13H16N2O/c1-10-5-4-8-15-11(10)6-7-12(15)13(2,3)14-9-16/h4-9H,1-3H3,(H,14,16). The lowest BCUT2D eigenvalue weighted by molar-refractivity contribution is -0.111. The van der Waals surface area contributed by atoms with E-state index in [1.165, 1.54) is 11.1 Å². The first-order valence-corrected chi connectivity index (χ1v) is 5.35. The summed E-state index contributed by atoms with van der Waals surface area (Å²) in [5.74, 6) is 0. The second-order valence-electron chi connectivity index (χ2n) is 4.55. The van der Waals surface area contributed by atoms with E-state index in [-0.39, 0.29) is 5.54 Å². The molecule has 0 radical (unpaired) electrons. The lowest BCUT2D eigenvalue weighted by Gasteiger charge is -2.24.